The Kier molecular flexibility index (Phi) is 3.97. The maximum atomic E-state index is 12.4. The summed E-state index contributed by atoms with van der Waals surface area (Å²) in [6, 6.07) is 0.600. The standard InChI is InChI=1S/C14H27N3O/c1-14(2)10-16(4)13(18)12(9-15-3)17(14)11-7-5-6-8-11/h11-12,15H,5-10H2,1-4H3. The third-order valence-corrected chi connectivity index (χ3v) is 4.44. The van der Waals surface area contributed by atoms with Gasteiger partial charge in [0, 0.05) is 31.7 Å². The number of amides is 1. The molecule has 1 unspecified atom stereocenters. The van der Waals surface area contributed by atoms with E-state index in [1.54, 1.807) is 0 Å². The highest BCUT2D eigenvalue weighted by atomic mass is 16.2. The third kappa shape index (κ3) is 2.41. The molecule has 1 N–H and O–H groups in total. The van der Waals surface area contributed by atoms with Gasteiger partial charge in [-0.1, -0.05) is 12.8 Å². The van der Waals surface area contributed by atoms with Crippen LogP contribution in [-0.4, -0.2) is 60.5 Å². The molecule has 1 atom stereocenters. The summed E-state index contributed by atoms with van der Waals surface area (Å²) in [6.07, 6.45) is 5.13. The van der Waals surface area contributed by atoms with Crippen molar-refractivity contribution in [1.29, 1.82) is 0 Å². The first-order valence-corrected chi connectivity index (χ1v) is 7.15. The summed E-state index contributed by atoms with van der Waals surface area (Å²) in [5.74, 6) is 0.274. The van der Waals surface area contributed by atoms with Gasteiger partial charge >= 0.3 is 0 Å². The fourth-order valence-corrected chi connectivity index (χ4v) is 3.85. The van der Waals surface area contributed by atoms with E-state index in [0.29, 0.717) is 6.04 Å². The summed E-state index contributed by atoms with van der Waals surface area (Å²) in [4.78, 5) is 16.8. The number of nitrogens with zero attached hydrogens (tertiary/aromatic N) is 2. The molecular formula is C14H27N3O. The second kappa shape index (κ2) is 5.17. The van der Waals surface area contributed by atoms with Crippen LogP contribution in [0.1, 0.15) is 39.5 Å². The minimum absolute atomic E-state index is 0.00634. The molecule has 1 saturated heterocycles. The quantitative estimate of drug-likeness (QED) is 0.817. The van der Waals surface area contributed by atoms with Gasteiger partial charge in [-0.2, -0.15) is 0 Å². The molecule has 0 bridgehead atoms. The van der Waals surface area contributed by atoms with Crippen molar-refractivity contribution >= 4 is 5.91 Å². The van der Waals surface area contributed by atoms with Crippen LogP contribution in [0, 0.1) is 0 Å². The maximum Gasteiger partial charge on any atom is 0.241 e. The highest BCUT2D eigenvalue weighted by molar-refractivity contribution is 5.83. The monoisotopic (exact) mass is 253 g/mol. The Labute approximate surface area is 111 Å². The Morgan fingerprint density at radius 1 is 1.33 bits per heavy atom. The smallest absolute Gasteiger partial charge is 0.241 e. The fourth-order valence-electron chi connectivity index (χ4n) is 3.85. The van der Waals surface area contributed by atoms with Crippen LogP contribution in [0.5, 0.6) is 0 Å². The van der Waals surface area contributed by atoms with Gasteiger partial charge in [-0.25, -0.2) is 0 Å². The zero-order valence-corrected chi connectivity index (χ0v) is 12.2. The predicted molar refractivity (Wildman–Crippen MR) is 73.5 cm³/mol. The van der Waals surface area contributed by atoms with Crippen molar-refractivity contribution in [3.05, 3.63) is 0 Å². The first kappa shape index (κ1) is 13.8. The van der Waals surface area contributed by atoms with Crippen LogP contribution < -0.4 is 5.32 Å². The number of nitrogens with one attached hydrogen (secondary N) is 1. The molecule has 0 aromatic carbocycles. The Bertz CT molecular complexity index is 310. The van der Waals surface area contributed by atoms with Gasteiger partial charge in [-0.15, -0.1) is 0 Å². The van der Waals surface area contributed by atoms with Gasteiger partial charge in [-0.3, -0.25) is 9.69 Å². The number of likely N-dealkylation sites (N-methyl/N-ethyl adjacent to an activating group) is 2. The number of hydrogen-bond donors (Lipinski definition) is 1. The van der Waals surface area contributed by atoms with Crippen molar-refractivity contribution < 1.29 is 4.79 Å². The van der Waals surface area contributed by atoms with Gasteiger partial charge in [0.15, 0.2) is 0 Å². The number of hydrogen-bond acceptors (Lipinski definition) is 3. The van der Waals surface area contributed by atoms with Crippen molar-refractivity contribution in [3.8, 4) is 0 Å². The molecule has 0 aromatic rings. The molecule has 4 nitrogen and oxygen atoms in total. The molecule has 1 aliphatic carbocycles. The number of carbonyl (C=O) groups excluding carboxylic acids is 1. The molecular weight excluding hydrogens is 226 g/mol. The number of carbonyl (C=O) groups is 1. The SMILES string of the molecule is CNCC1C(=O)N(C)CC(C)(C)N1C1CCCC1. The Morgan fingerprint density at radius 2 is 1.94 bits per heavy atom. The molecule has 18 heavy (non-hydrogen) atoms. The average molecular weight is 253 g/mol. The van der Waals surface area contributed by atoms with Crippen LogP contribution in [0.25, 0.3) is 0 Å². The Balaban J connectivity index is 2.25. The van der Waals surface area contributed by atoms with E-state index in [2.05, 4.69) is 24.1 Å². The van der Waals surface area contributed by atoms with Gasteiger partial charge in [0.05, 0.1) is 0 Å². The lowest BCUT2D eigenvalue weighted by Crippen LogP contribution is -2.69. The third-order valence-electron chi connectivity index (χ3n) is 4.44. The average Bonchev–Trinajstić information content (AvgIpc) is 2.78. The first-order valence-electron chi connectivity index (χ1n) is 7.15. The minimum atomic E-state index is 0.00634. The van der Waals surface area contributed by atoms with Crippen LogP contribution in [-0.2, 0) is 4.79 Å². The Hall–Kier alpha value is -0.610. The molecule has 1 heterocycles. The van der Waals surface area contributed by atoms with E-state index >= 15 is 0 Å². The van der Waals surface area contributed by atoms with Crippen molar-refractivity contribution in [2.45, 2.75) is 57.2 Å². The highest BCUT2D eigenvalue weighted by Gasteiger charge is 2.46. The van der Waals surface area contributed by atoms with Gasteiger partial charge in [-0.05, 0) is 33.7 Å². The molecule has 1 amide bonds. The van der Waals surface area contributed by atoms with E-state index in [4.69, 9.17) is 0 Å². The zero-order chi connectivity index (χ0) is 13.3. The molecule has 0 radical (unpaired) electrons. The summed E-state index contributed by atoms with van der Waals surface area (Å²) in [5.41, 5.74) is 0.0825. The lowest BCUT2D eigenvalue weighted by molar-refractivity contribution is -0.151. The van der Waals surface area contributed by atoms with E-state index in [9.17, 15) is 4.79 Å². The van der Waals surface area contributed by atoms with Crippen LogP contribution in [0.4, 0.5) is 0 Å². The molecule has 0 spiro atoms. The molecule has 1 saturated carbocycles. The summed E-state index contributed by atoms with van der Waals surface area (Å²) in [6.45, 7) is 6.14. The van der Waals surface area contributed by atoms with E-state index in [0.717, 1.165) is 13.1 Å². The Morgan fingerprint density at radius 3 is 2.50 bits per heavy atom. The number of piperazine rings is 1. The van der Waals surface area contributed by atoms with Gasteiger partial charge < -0.3 is 10.2 Å². The lowest BCUT2D eigenvalue weighted by Gasteiger charge is -2.53. The van der Waals surface area contributed by atoms with Crippen LogP contribution >= 0.6 is 0 Å². The van der Waals surface area contributed by atoms with E-state index < -0.39 is 0 Å². The molecule has 4 heteroatoms. The second-order valence-corrected chi connectivity index (χ2v) is 6.43. The first-order chi connectivity index (χ1) is 8.47. The van der Waals surface area contributed by atoms with Crippen molar-refractivity contribution in [2.24, 2.45) is 0 Å². The molecule has 2 rings (SSSR count). The zero-order valence-electron chi connectivity index (χ0n) is 12.2. The van der Waals surface area contributed by atoms with Crippen molar-refractivity contribution in [2.75, 3.05) is 27.2 Å². The lowest BCUT2D eigenvalue weighted by atomic mass is 9.91. The van der Waals surface area contributed by atoms with Gasteiger partial charge in [0.25, 0.3) is 0 Å². The van der Waals surface area contributed by atoms with E-state index in [-0.39, 0.29) is 17.5 Å². The van der Waals surface area contributed by atoms with Gasteiger partial charge in [0.2, 0.25) is 5.91 Å². The maximum absolute atomic E-state index is 12.4. The predicted octanol–water partition coefficient (Wildman–Crippen LogP) is 1.07. The highest BCUT2D eigenvalue weighted by Crippen LogP contribution is 2.34. The van der Waals surface area contributed by atoms with E-state index in [1.807, 2.05) is 19.0 Å². The summed E-state index contributed by atoms with van der Waals surface area (Å²) in [5, 5.41) is 3.19. The normalized spacial score (nSPS) is 30.1. The van der Waals surface area contributed by atoms with Crippen molar-refractivity contribution in [1.82, 2.24) is 15.1 Å². The fraction of sp³-hybridized carbons (Fsp3) is 0.929. The minimum Gasteiger partial charge on any atom is -0.343 e. The summed E-state index contributed by atoms with van der Waals surface area (Å²) < 4.78 is 0. The summed E-state index contributed by atoms with van der Waals surface area (Å²) in [7, 11) is 3.86. The molecule has 2 aliphatic rings. The molecule has 104 valence electrons. The molecule has 0 aromatic heterocycles. The summed E-state index contributed by atoms with van der Waals surface area (Å²) >= 11 is 0. The molecule has 2 fully saturated rings. The van der Waals surface area contributed by atoms with Crippen LogP contribution in [0.15, 0.2) is 0 Å². The topological polar surface area (TPSA) is 35.6 Å². The van der Waals surface area contributed by atoms with Crippen LogP contribution in [0.3, 0.4) is 0 Å². The van der Waals surface area contributed by atoms with Gasteiger partial charge in [0.1, 0.15) is 6.04 Å². The molecule has 1 aliphatic heterocycles. The second-order valence-electron chi connectivity index (χ2n) is 6.43. The number of rotatable bonds is 3. The van der Waals surface area contributed by atoms with E-state index in [1.165, 1.54) is 25.7 Å². The van der Waals surface area contributed by atoms with Crippen molar-refractivity contribution in [3.63, 3.8) is 0 Å². The largest absolute Gasteiger partial charge is 0.343 e. The van der Waals surface area contributed by atoms with Crippen LogP contribution in [0.2, 0.25) is 0 Å².